The summed E-state index contributed by atoms with van der Waals surface area (Å²) in [6.45, 7) is 1.19. The Morgan fingerprint density at radius 1 is 1.44 bits per heavy atom. The molecular weight excluding hydrogens is 202 g/mol. The zero-order valence-electron chi connectivity index (χ0n) is 9.44. The van der Waals surface area contributed by atoms with Crippen LogP contribution in [0.4, 0.5) is 5.82 Å². The van der Waals surface area contributed by atoms with Gasteiger partial charge in [0.2, 0.25) is 0 Å². The van der Waals surface area contributed by atoms with Crippen molar-refractivity contribution in [2.75, 3.05) is 19.0 Å². The highest BCUT2D eigenvalue weighted by atomic mass is 16.5. The topological polar surface area (TPSA) is 46.2 Å². The van der Waals surface area contributed by atoms with E-state index in [0.29, 0.717) is 12.1 Å². The summed E-state index contributed by atoms with van der Waals surface area (Å²) in [5, 5.41) is 7.03. The molecule has 1 aliphatic carbocycles. The predicted octanol–water partition coefficient (Wildman–Crippen LogP) is 1.25. The van der Waals surface area contributed by atoms with E-state index in [-0.39, 0.29) is 0 Å². The summed E-state index contributed by atoms with van der Waals surface area (Å²) < 4.78 is 5.09. The molecule has 1 saturated heterocycles. The molecule has 1 saturated carbocycles. The number of ether oxygens (including phenoxy) is 1. The standard InChI is InChI=1S/C12H17N3O/c1-16-9-2-3-12(14-7-9)15-11-5-8-4-10(11)13-6-8/h2-3,7-8,10-11,13H,4-6H2,1H3,(H,14,15)/t8-,10+,11-/m1/s1. The second kappa shape index (κ2) is 3.94. The molecule has 1 aromatic rings. The fourth-order valence-corrected chi connectivity index (χ4v) is 2.79. The molecule has 2 bridgehead atoms. The lowest BCUT2D eigenvalue weighted by molar-refractivity contribution is 0.413. The van der Waals surface area contributed by atoms with E-state index in [1.807, 2.05) is 12.1 Å². The van der Waals surface area contributed by atoms with Crippen LogP contribution in [-0.2, 0) is 0 Å². The van der Waals surface area contributed by atoms with Gasteiger partial charge >= 0.3 is 0 Å². The van der Waals surface area contributed by atoms with Gasteiger partial charge in [-0.2, -0.15) is 0 Å². The molecule has 0 amide bonds. The number of piperidine rings is 1. The summed E-state index contributed by atoms with van der Waals surface area (Å²) in [5.74, 6) is 2.61. The van der Waals surface area contributed by atoms with E-state index in [0.717, 1.165) is 17.5 Å². The Hall–Kier alpha value is -1.29. The summed E-state index contributed by atoms with van der Waals surface area (Å²) in [6, 6.07) is 5.09. The summed E-state index contributed by atoms with van der Waals surface area (Å²) >= 11 is 0. The third-order valence-electron chi connectivity index (χ3n) is 3.63. The van der Waals surface area contributed by atoms with Crippen LogP contribution in [0.5, 0.6) is 5.75 Å². The van der Waals surface area contributed by atoms with E-state index in [4.69, 9.17) is 4.74 Å². The van der Waals surface area contributed by atoms with E-state index >= 15 is 0 Å². The van der Waals surface area contributed by atoms with Gasteiger partial charge in [-0.1, -0.05) is 0 Å². The van der Waals surface area contributed by atoms with Gasteiger partial charge in [0.25, 0.3) is 0 Å². The number of hydrogen-bond donors (Lipinski definition) is 2. The molecule has 0 aromatic carbocycles. The van der Waals surface area contributed by atoms with Gasteiger partial charge in [-0.3, -0.25) is 0 Å². The Balaban J connectivity index is 1.65. The molecule has 3 atom stereocenters. The lowest BCUT2D eigenvalue weighted by Gasteiger charge is -2.24. The predicted molar refractivity (Wildman–Crippen MR) is 62.7 cm³/mol. The quantitative estimate of drug-likeness (QED) is 0.803. The van der Waals surface area contributed by atoms with Crippen molar-refractivity contribution < 1.29 is 4.74 Å². The lowest BCUT2D eigenvalue weighted by atomic mass is 10.1. The lowest BCUT2D eigenvalue weighted by Crippen LogP contribution is -2.41. The largest absolute Gasteiger partial charge is 0.495 e. The fourth-order valence-electron chi connectivity index (χ4n) is 2.79. The first-order valence-corrected chi connectivity index (χ1v) is 5.85. The van der Waals surface area contributed by atoms with Gasteiger partial charge in [-0.25, -0.2) is 4.98 Å². The van der Waals surface area contributed by atoms with Crippen molar-refractivity contribution in [3.8, 4) is 5.75 Å². The number of nitrogens with zero attached hydrogens (tertiary/aromatic N) is 1. The van der Waals surface area contributed by atoms with E-state index in [2.05, 4.69) is 15.6 Å². The highest BCUT2D eigenvalue weighted by Gasteiger charge is 2.39. The molecule has 0 radical (unpaired) electrons. The highest BCUT2D eigenvalue weighted by Crippen LogP contribution is 2.32. The van der Waals surface area contributed by atoms with Gasteiger partial charge in [-0.05, 0) is 37.4 Å². The fraction of sp³-hybridized carbons (Fsp3) is 0.583. The van der Waals surface area contributed by atoms with Crippen LogP contribution in [-0.4, -0.2) is 30.7 Å². The third-order valence-corrected chi connectivity index (χ3v) is 3.63. The van der Waals surface area contributed by atoms with E-state index in [1.165, 1.54) is 19.4 Å². The maximum atomic E-state index is 5.09. The van der Waals surface area contributed by atoms with Gasteiger partial charge in [-0.15, -0.1) is 0 Å². The molecule has 0 spiro atoms. The number of methoxy groups -OCH3 is 1. The number of anilines is 1. The maximum Gasteiger partial charge on any atom is 0.137 e. The van der Waals surface area contributed by atoms with Gasteiger partial charge in [0.15, 0.2) is 0 Å². The van der Waals surface area contributed by atoms with Crippen molar-refractivity contribution in [2.45, 2.75) is 24.9 Å². The van der Waals surface area contributed by atoms with E-state index in [1.54, 1.807) is 13.3 Å². The Kier molecular flexibility index (Phi) is 2.44. The summed E-state index contributed by atoms with van der Waals surface area (Å²) in [7, 11) is 1.66. The van der Waals surface area contributed by atoms with Gasteiger partial charge in [0, 0.05) is 12.1 Å². The Morgan fingerprint density at radius 2 is 2.38 bits per heavy atom. The molecule has 2 N–H and O–H groups in total. The smallest absolute Gasteiger partial charge is 0.137 e. The second-order valence-corrected chi connectivity index (χ2v) is 4.69. The zero-order valence-corrected chi connectivity index (χ0v) is 9.44. The van der Waals surface area contributed by atoms with Crippen LogP contribution in [0.2, 0.25) is 0 Å². The summed E-state index contributed by atoms with van der Waals surface area (Å²) in [4.78, 5) is 4.33. The first kappa shape index (κ1) is 9.90. The second-order valence-electron chi connectivity index (χ2n) is 4.69. The van der Waals surface area contributed by atoms with E-state index in [9.17, 15) is 0 Å². The molecule has 2 aliphatic rings. The third kappa shape index (κ3) is 1.73. The number of aromatic nitrogens is 1. The minimum Gasteiger partial charge on any atom is -0.495 e. The average Bonchev–Trinajstić information content (AvgIpc) is 2.92. The Labute approximate surface area is 95.4 Å². The first-order valence-electron chi connectivity index (χ1n) is 5.85. The number of rotatable bonds is 3. The minimum atomic E-state index is 0.541. The van der Waals surface area contributed by atoms with Gasteiger partial charge < -0.3 is 15.4 Å². The Morgan fingerprint density at radius 3 is 2.94 bits per heavy atom. The molecule has 0 unspecified atom stereocenters. The van der Waals surface area contributed by atoms with Crippen molar-refractivity contribution in [3.63, 3.8) is 0 Å². The average molecular weight is 219 g/mol. The molecule has 4 nitrogen and oxygen atoms in total. The Bertz CT molecular complexity index is 365. The van der Waals surface area contributed by atoms with Crippen molar-refractivity contribution in [2.24, 2.45) is 5.92 Å². The van der Waals surface area contributed by atoms with Crippen molar-refractivity contribution in [1.82, 2.24) is 10.3 Å². The highest BCUT2D eigenvalue weighted by molar-refractivity contribution is 5.39. The minimum absolute atomic E-state index is 0.541. The number of nitrogens with one attached hydrogen (secondary N) is 2. The van der Waals surface area contributed by atoms with Crippen LogP contribution in [0.25, 0.3) is 0 Å². The summed E-state index contributed by atoms with van der Waals surface area (Å²) in [5.41, 5.74) is 0. The molecule has 2 heterocycles. The maximum absolute atomic E-state index is 5.09. The SMILES string of the molecule is COc1ccc(N[C@@H]2C[C@@H]3CN[C@H]2C3)nc1. The number of pyridine rings is 1. The van der Waals surface area contributed by atoms with Crippen LogP contribution >= 0.6 is 0 Å². The molecule has 86 valence electrons. The van der Waals surface area contributed by atoms with Crippen LogP contribution < -0.4 is 15.4 Å². The van der Waals surface area contributed by atoms with E-state index < -0.39 is 0 Å². The van der Waals surface area contributed by atoms with Crippen molar-refractivity contribution in [3.05, 3.63) is 18.3 Å². The van der Waals surface area contributed by atoms with Gasteiger partial charge in [0.1, 0.15) is 11.6 Å². The molecular formula is C12H17N3O. The monoisotopic (exact) mass is 219 g/mol. The van der Waals surface area contributed by atoms with Crippen LogP contribution in [0, 0.1) is 5.92 Å². The molecule has 4 heteroatoms. The molecule has 2 fully saturated rings. The summed E-state index contributed by atoms with van der Waals surface area (Å²) in [6.07, 6.45) is 4.34. The van der Waals surface area contributed by atoms with Gasteiger partial charge in [0.05, 0.1) is 13.3 Å². The molecule has 1 aromatic heterocycles. The number of hydrogen-bond acceptors (Lipinski definition) is 4. The van der Waals surface area contributed by atoms with Crippen molar-refractivity contribution >= 4 is 5.82 Å². The van der Waals surface area contributed by atoms with Crippen molar-refractivity contribution in [1.29, 1.82) is 0 Å². The zero-order chi connectivity index (χ0) is 11.0. The van der Waals surface area contributed by atoms with Crippen LogP contribution in [0.3, 0.4) is 0 Å². The van der Waals surface area contributed by atoms with Crippen LogP contribution in [0.15, 0.2) is 18.3 Å². The molecule has 3 rings (SSSR count). The normalized spacial score (nSPS) is 31.7. The van der Waals surface area contributed by atoms with Crippen LogP contribution in [0.1, 0.15) is 12.8 Å². The molecule has 16 heavy (non-hydrogen) atoms. The number of fused-ring (bicyclic) bond motifs is 2. The molecule has 1 aliphatic heterocycles. The first-order chi connectivity index (χ1) is 7.85.